The predicted molar refractivity (Wildman–Crippen MR) is 121 cm³/mol. The summed E-state index contributed by atoms with van der Waals surface area (Å²) in [5.41, 5.74) is 1.22. The number of piperidine rings is 1. The molecule has 2 amide bonds. The molecule has 1 saturated heterocycles. The molecule has 1 aromatic carbocycles. The molecule has 1 atom stereocenters. The van der Waals surface area contributed by atoms with Gasteiger partial charge < -0.3 is 30.8 Å². The molecule has 32 heavy (non-hydrogen) atoms. The Morgan fingerprint density at radius 3 is 2.44 bits per heavy atom. The first-order chi connectivity index (χ1) is 15.2. The minimum atomic E-state index is -1.15. The van der Waals surface area contributed by atoms with Crippen LogP contribution in [0.15, 0.2) is 18.2 Å². The predicted octanol–water partition coefficient (Wildman–Crippen LogP) is 3.22. The quantitative estimate of drug-likeness (QED) is 0.411. The number of benzene rings is 1. The van der Waals surface area contributed by atoms with Crippen LogP contribution in [0.5, 0.6) is 5.75 Å². The van der Waals surface area contributed by atoms with E-state index >= 15 is 0 Å². The van der Waals surface area contributed by atoms with Crippen LogP contribution in [0, 0.1) is 6.92 Å². The number of nitrogens with one attached hydrogen (secondary N) is 4. The van der Waals surface area contributed by atoms with Gasteiger partial charge >= 0.3 is 5.97 Å². The van der Waals surface area contributed by atoms with Crippen molar-refractivity contribution in [2.45, 2.75) is 38.8 Å². The lowest BCUT2D eigenvalue weighted by atomic mass is 10.1. The molecule has 11 heteroatoms. The zero-order valence-electron chi connectivity index (χ0n) is 17.6. The van der Waals surface area contributed by atoms with Crippen molar-refractivity contribution in [3.8, 4) is 5.75 Å². The van der Waals surface area contributed by atoms with Gasteiger partial charge in [0.05, 0.1) is 15.7 Å². The first-order valence-electron chi connectivity index (χ1n) is 10.1. The Labute approximate surface area is 194 Å². The van der Waals surface area contributed by atoms with Crippen LogP contribution in [0.3, 0.4) is 0 Å². The van der Waals surface area contributed by atoms with E-state index in [4.69, 9.17) is 33.0 Å². The highest BCUT2D eigenvalue weighted by atomic mass is 35.5. The van der Waals surface area contributed by atoms with Crippen molar-refractivity contribution >= 4 is 46.7 Å². The number of hydrogen-bond acceptors (Lipinski definition) is 5. The highest BCUT2D eigenvalue weighted by Gasteiger charge is 2.23. The Bertz CT molecular complexity index is 1030. The van der Waals surface area contributed by atoms with E-state index in [0.717, 1.165) is 25.9 Å². The lowest BCUT2D eigenvalue weighted by Gasteiger charge is -2.25. The summed E-state index contributed by atoms with van der Waals surface area (Å²) >= 11 is 12.2. The van der Waals surface area contributed by atoms with Crippen molar-refractivity contribution in [1.29, 1.82) is 0 Å². The molecule has 5 N–H and O–H groups in total. The fourth-order valence-corrected chi connectivity index (χ4v) is 3.63. The number of aromatic nitrogens is 1. The Morgan fingerprint density at radius 1 is 1.16 bits per heavy atom. The van der Waals surface area contributed by atoms with Crippen molar-refractivity contribution in [3.05, 3.63) is 45.2 Å². The van der Waals surface area contributed by atoms with Crippen LogP contribution in [-0.2, 0) is 4.79 Å². The van der Waals surface area contributed by atoms with Crippen molar-refractivity contribution in [2.75, 3.05) is 18.4 Å². The summed E-state index contributed by atoms with van der Waals surface area (Å²) in [6.45, 7) is 4.65. The monoisotopic (exact) mass is 482 g/mol. The van der Waals surface area contributed by atoms with E-state index < -0.39 is 23.8 Å². The molecule has 9 nitrogen and oxygen atoms in total. The zero-order chi connectivity index (χ0) is 23.4. The molecule has 2 heterocycles. The lowest BCUT2D eigenvalue weighted by molar-refractivity contribution is -0.138. The summed E-state index contributed by atoms with van der Waals surface area (Å²) in [6, 6.07) is 3.43. The van der Waals surface area contributed by atoms with Crippen molar-refractivity contribution in [2.24, 2.45) is 0 Å². The van der Waals surface area contributed by atoms with Gasteiger partial charge in [0.1, 0.15) is 23.6 Å². The Balaban J connectivity index is 1.87. The molecule has 1 fully saturated rings. The van der Waals surface area contributed by atoms with Crippen LogP contribution in [0.2, 0.25) is 10.0 Å². The third-order valence-electron chi connectivity index (χ3n) is 5.07. The number of halogens is 2. The molecule has 0 radical (unpaired) electrons. The van der Waals surface area contributed by atoms with Crippen molar-refractivity contribution in [1.82, 2.24) is 15.6 Å². The molecule has 0 saturated carbocycles. The van der Waals surface area contributed by atoms with Gasteiger partial charge in [-0.3, -0.25) is 14.4 Å². The van der Waals surface area contributed by atoms with Crippen LogP contribution >= 0.6 is 23.2 Å². The summed E-state index contributed by atoms with van der Waals surface area (Å²) in [4.78, 5) is 39.2. The van der Waals surface area contributed by atoms with Gasteiger partial charge in [0.2, 0.25) is 0 Å². The van der Waals surface area contributed by atoms with Gasteiger partial charge in [-0.25, -0.2) is 0 Å². The smallest absolute Gasteiger partial charge is 0.325 e. The van der Waals surface area contributed by atoms with Crippen LogP contribution < -0.4 is 20.7 Å². The number of carboxylic acid groups (broad SMARTS) is 1. The Hall–Kier alpha value is -2.75. The van der Waals surface area contributed by atoms with Crippen molar-refractivity contribution in [3.63, 3.8) is 0 Å². The van der Waals surface area contributed by atoms with Crippen LogP contribution in [0.4, 0.5) is 5.69 Å². The van der Waals surface area contributed by atoms with Crippen molar-refractivity contribution < 1.29 is 24.2 Å². The topological polar surface area (TPSA) is 133 Å². The highest BCUT2D eigenvalue weighted by Crippen LogP contribution is 2.32. The SMILES string of the molecule is Cc1[nH]c(C(=O)Nc2ccc(C(=O)N[C@H](C)C(=O)O)cc2OC2CCNCC2)c(Cl)c1Cl. The fraction of sp³-hybridized carbons (Fsp3) is 0.381. The second kappa shape index (κ2) is 10.2. The third-order valence-corrected chi connectivity index (χ3v) is 6.02. The second-order valence-corrected chi connectivity index (χ2v) is 8.27. The standard InChI is InChI=1S/C21H24Cl2N4O5/c1-10-16(22)17(23)18(25-10)20(29)27-14-4-3-12(19(28)26-11(2)21(30)31)9-15(14)32-13-5-7-24-8-6-13/h3-4,9,11,13,24-25H,5-8H2,1-2H3,(H,26,28)(H,27,29)(H,30,31)/t11-/m1/s1. The van der Waals surface area contributed by atoms with E-state index in [1.807, 2.05) is 0 Å². The first-order valence-corrected chi connectivity index (χ1v) is 10.8. The number of ether oxygens (including phenoxy) is 1. The van der Waals surface area contributed by atoms with Crippen LogP contribution in [0.1, 0.15) is 46.3 Å². The molecular weight excluding hydrogens is 459 g/mol. The molecule has 3 rings (SSSR count). The number of aromatic amines is 1. The molecule has 2 aromatic rings. The number of hydrogen-bond donors (Lipinski definition) is 5. The minimum absolute atomic E-state index is 0.103. The lowest BCUT2D eigenvalue weighted by Crippen LogP contribution is -2.38. The number of carbonyl (C=O) groups excluding carboxylic acids is 2. The first kappa shape index (κ1) is 23.9. The van der Waals surface area contributed by atoms with Crippen LogP contribution in [0.25, 0.3) is 0 Å². The molecule has 0 aliphatic carbocycles. The van der Waals surface area contributed by atoms with E-state index in [9.17, 15) is 14.4 Å². The second-order valence-electron chi connectivity index (χ2n) is 7.52. The normalized spacial score (nSPS) is 15.1. The zero-order valence-corrected chi connectivity index (χ0v) is 19.1. The van der Waals surface area contributed by atoms with Gasteiger partial charge in [0.25, 0.3) is 11.8 Å². The van der Waals surface area contributed by atoms with Gasteiger partial charge in [-0.2, -0.15) is 0 Å². The minimum Gasteiger partial charge on any atom is -0.488 e. The van der Waals surface area contributed by atoms with Gasteiger partial charge in [-0.15, -0.1) is 0 Å². The van der Waals surface area contributed by atoms with Crippen LogP contribution in [-0.4, -0.2) is 53.1 Å². The number of anilines is 1. The molecular formula is C21H24Cl2N4O5. The summed E-state index contributed by atoms with van der Waals surface area (Å²) in [5.74, 6) is -1.93. The van der Waals surface area contributed by atoms with Gasteiger partial charge in [0.15, 0.2) is 0 Å². The Kier molecular flexibility index (Phi) is 7.65. The molecule has 1 aliphatic heterocycles. The largest absolute Gasteiger partial charge is 0.488 e. The summed E-state index contributed by atoms with van der Waals surface area (Å²) in [5, 5.41) is 17.8. The highest BCUT2D eigenvalue weighted by molar-refractivity contribution is 6.44. The van der Waals surface area contributed by atoms with E-state index in [1.165, 1.54) is 25.1 Å². The number of rotatable bonds is 7. The van der Waals surface area contributed by atoms with E-state index in [-0.39, 0.29) is 27.4 Å². The average molecular weight is 483 g/mol. The number of aliphatic carboxylic acids is 1. The summed E-state index contributed by atoms with van der Waals surface area (Å²) in [6.07, 6.45) is 1.42. The summed E-state index contributed by atoms with van der Waals surface area (Å²) < 4.78 is 6.11. The molecule has 172 valence electrons. The molecule has 1 aromatic heterocycles. The van der Waals surface area contributed by atoms with E-state index in [0.29, 0.717) is 17.1 Å². The maximum absolute atomic E-state index is 12.8. The van der Waals surface area contributed by atoms with Gasteiger partial charge in [-0.05, 0) is 58.0 Å². The molecule has 1 aliphatic rings. The number of H-pyrrole nitrogens is 1. The third kappa shape index (κ3) is 5.53. The number of aryl methyl sites for hydroxylation is 1. The van der Waals surface area contributed by atoms with Gasteiger partial charge in [0, 0.05) is 11.3 Å². The maximum Gasteiger partial charge on any atom is 0.325 e. The number of amides is 2. The molecule has 0 spiro atoms. The average Bonchev–Trinajstić information content (AvgIpc) is 3.02. The number of carbonyl (C=O) groups is 3. The Morgan fingerprint density at radius 2 is 1.84 bits per heavy atom. The summed E-state index contributed by atoms with van der Waals surface area (Å²) in [7, 11) is 0. The fourth-order valence-electron chi connectivity index (χ4n) is 3.21. The van der Waals surface area contributed by atoms with E-state index in [2.05, 4.69) is 20.9 Å². The maximum atomic E-state index is 12.8. The van der Waals surface area contributed by atoms with E-state index in [1.54, 1.807) is 6.92 Å². The van der Waals surface area contributed by atoms with Gasteiger partial charge in [-0.1, -0.05) is 23.2 Å². The number of carboxylic acids is 1. The molecule has 0 unspecified atom stereocenters. The molecule has 0 bridgehead atoms.